The van der Waals surface area contributed by atoms with Gasteiger partial charge in [0.05, 0.1) is 25.2 Å². The molecule has 0 saturated carbocycles. The van der Waals surface area contributed by atoms with Crippen molar-refractivity contribution in [2.24, 2.45) is 0 Å². The van der Waals surface area contributed by atoms with E-state index in [2.05, 4.69) is 5.10 Å². The molecule has 0 spiro atoms. The molecule has 6 heteroatoms. The SMILES string of the molecule is Cc1ccc(-n2nc(-c3ccco3)cc2C(=O)N2CCOCC2)cc1. The number of amides is 1. The van der Waals surface area contributed by atoms with Crippen molar-refractivity contribution in [2.45, 2.75) is 6.92 Å². The Hall–Kier alpha value is -2.86. The Morgan fingerprint density at radius 2 is 1.88 bits per heavy atom. The smallest absolute Gasteiger partial charge is 0.272 e. The van der Waals surface area contributed by atoms with Crippen molar-refractivity contribution in [2.75, 3.05) is 26.3 Å². The number of ether oxygens (including phenoxy) is 1. The van der Waals surface area contributed by atoms with Crippen molar-refractivity contribution < 1.29 is 13.9 Å². The molecule has 1 amide bonds. The number of aromatic nitrogens is 2. The largest absolute Gasteiger partial charge is 0.463 e. The Morgan fingerprint density at radius 1 is 1.12 bits per heavy atom. The molecule has 0 unspecified atom stereocenters. The average Bonchev–Trinajstić information content (AvgIpc) is 3.32. The zero-order valence-electron chi connectivity index (χ0n) is 14.0. The molecule has 1 saturated heterocycles. The van der Waals surface area contributed by atoms with E-state index in [0.717, 1.165) is 11.3 Å². The maximum Gasteiger partial charge on any atom is 0.272 e. The fourth-order valence-corrected chi connectivity index (χ4v) is 2.89. The van der Waals surface area contributed by atoms with E-state index in [1.165, 1.54) is 0 Å². The molecule has 3 heterocycles. The third kappa shape index (κ3) is 3.08. The van der Waals surface area contributed by atoms with Crippen molar-refractivity contribution in [1.29, 1.82) is 0 Å². The quantitative estimate of drug-likeness (QED) is 0.737. The molecule has 1 aliphatic heterocycles. The summed E-state index contributed by atoms with van der Waals surface area (Å²) in [4.78, 5) is 14.8. The van der Waals surface area contributed by atoms with Crippen LogP contribution in [-0.4, -0.2) is 46.9 Å². The van der Waals surface area contributed by atoms with Crippen molar-refractivity contribution in [3.05, 3.63) is 60.0 Å². The minimum absolute atomic E-state index is 0.0471. The zero-order valence-corrected chi connectivity index (χ0v) is 14.0. The minimum atomic E-state index is -0.0471. The molecule has 1 aliphatic rings. The van der Waals surface area contributed by atoms with E-state index >= 15 is 0 Å². The van der Waals surface area contributed by atoms with Crippen molar-refractivity contribution >= 4 is 5.91 Å². The number of benzene rings is 1. The molecule has 0 atom stereocenters. The fraction of sp³-hybridized carbons (Fsp3) is 0.263. The minimum Gasteiger partial charge on any atom is -0.463 e. The van der Waals surface area contributed by atoms with Gasteiger partial charge in [0.25, 0.3) is 5.91 Å². The van der Waals surface area contributed by atoms with Crippen molar-refractivity contribution in [1.82, 2.24) is 14.7 Å². The summed E-state index contributed by atoms with van der Waals surface area (Å²) in [6, 6.07) is 13.4. The lowest BCUT2D eigenvalue weighted by atomic mass is 10.2. The monoisotopic (exact) mass is 337 g/mol. The second-order valence-corrected chi connectivity index (χ2v) is 6.04. The van der Waals surface area contributed by atoms with Crippen LogP contribution in [0, 0.1) is 6.92 Å². The van der Waals surface area contributed by atoms with Crippen LogP contribution in [-0.2, 0) is 4.74 Å². The summed E-state index contributed by atoms with van der Waals surface area (Å²) in [5.74, 6) is 0.594. The predicted molar refractivity (Wildman–Crippen MR) is 92.7 cm³/mol. The number of hydrogen-bond donors (Lipinski definition) is 0. The highest BCUT2D eigenvalue weighted by Crippen LogP contribution is 2.23. The summed E-state index contributed by atoms with van der Waals surface area (Å²) in [5, 5.41) is 4.61. The van der Waals surface area contributed by atoms with Crippen LogP contribution in [0.5, 0.6) is 0 Å². The van der Waals surface area contributed by atoms with Gasteiger partial charge in [-0.15, -0.1) is 0 Å². The summed E-state index contributed by atoms with van der Waals surface area (Å²) in [6.07, 6.45) is 1.60. The maximum absolute atomic E-state index is 13.0. The fourth-order valence-electron chi connectivity index (χ4n) is 2.89. The van der Waals surface area contributed by atoms with Crippen molar-refractivity contribution in [3.63, 3.8) is 0 Å². The Morgan fingerprint density at radius 3 is 2.56 bits per heavy atom. The molecule has 25 heavy (non-hydrogen) atoms. The van der Waals surface area contributed by atoms with E-state index in [9.17, 15) is 4.79 Å². The molecular formula is C19H19N3O3. The number of nitrogens with zero attached hydrogens (tertiary/aromatic N) is 3. The van der Waals surface area contributed by atoms with E-state index < -0.39 is 0 Å². The van der Waals surface area contributed by atoms with E-state index in [-0.39, 0.29) is 5.91 Å². The molecule has 3 aromatic rings. The number of carbonyl (C=O) groups excluding carboxylic acids is 1. The molecule has 0 N–H and O–H groups in total. The summed E-state index contributed by atoms with van der Waals surface area (Å²) in [6.45, 7) is 4.34. The van der Waals surface area contributed by atoms with Gasteiger partial charge >= 0.3 is 0 Å². The zero-order chi connectivity index (χ0) is 17.2. The first kappa shape index (κ1) is 15.7. The van der Waals surface area contributed by atoms with Gasteiger partial charge in [-0.1, -0.05) is 17.7 Å². The first-order valence-corrected chi connectivity index (χ1v) is 8.30. The number of aryl methyl sites for hydroxylation is 1. The number of hydrogen-bond acceptors (Lipinski definition) is 4. The summed E-state index contributed by atoms with van der Waals surface area (Å²) in [5.41, 5.74) is 3.17. The summed E-state index contributed by atoms with van der Waals surface area (Å²) < 4.78 is 12.5. The molecule has 2 aromatic heterocycles. The normalized spacial score (nSPS) is 14.7. The predicted octanol–water partition coefficient (Wildman–Crippen LogP) is 2.91. The van der Waals surface area contributed by atoms with Crippen LogP contribution in [0.15, 0.2) is 53.1 Å². The van der Waals surface area contributed by atoms with Crippen molar-refractivity contribution in [3.8, 4) is 17.1 Å². The van der Waals surface area contributed by atoms with Gasteiger partial charge in [0.15, 0.2) is 5.76 Å². The highest BCUT2D eigenvalue weighted by Gasteiger charge is 2.24. The van der Waals surface area contributed by atoms with E-state index in [1.807, 2.05) is 43.3 Å². The van der Waals surface area contributed by atoms with Gasteiger partial charge in [0, 0.05) is 19.2 Å². The molecule has 1 aromatic carbocycles. The number of furan rings is 1. The van der Waals surface area contributed by atoms with Gasteiger partial charge < -0.3 is 14.1 Å². The highest BCUT2D eigenvalue weighted by atomic mass is 16.5. The Kier molecular flexibility index (Phi) is 4.11. The lowest BCUT2D eigenvalue weighted by Gasteiger charge is -2.26. The van der Waals surface area contributed by atoms with Gasteiger partial charge in [-0.3, -0.25) is 4.79 Å². The van der Waals surface area contributed by atoms with E-state index in [4.69, 9.17) is 9.15 Å². The lowest BCUT2D eigenvalue weighted by Crippen LogP contribution is -2.41. The van der Waals surface area contributed by atoms with Crippen LogP contribution >= 0.6 is 0 Å². The molecule has 4 rings (SSSR count). The second-order valence-electron chi connectivity index (χ2n) is 6.04. The van der Waals surface area contributed by atoms with Crippen LogP contribution in [0.3, 0.4) is 0 Å². The molecule has 6 nitrogen and oxygen atoms in total. The van der Waals surface area contributed by atoms with Crippen LogP contribution < -0.4 is 0 Å². The average molecular weight is 337 g/mol. The van der Waals surface area contributed by atoms with Gasteiger partial charge in [0.2, 0.25) is 0 Å². The van der Waals surface area contributed by atoms with Gasteiger partial charge in [0.1, 0.15) is 11.4 Å². The first-order chi connectivity index (χ1) is 12.2. The Labute approximate surface area is 145 Å². The molecule has 0 bridgehead atoms. The van der Waals surface area contributed by atoms with Crippen LogP contribution in [0.4, 0.5) is 0 Å². The van der Waals surface area contributed by atoms with E-state index in [0.29, 0.717) is 43.5 Å². The maximum atomic E-state index is 13.0. The number of carbonyl (C=O) groups is 1. The number of rotatable bonds is 3. The van der Waals surface area contributed by atoms with Crippen LogP contribution in [0.1, 0.15) is 16.1 Å². The second kappa shape index (κ2) is 6.57. The Balaban J connectivity index is 1.77. The highest BCUT2D eigenvalue weighted by molar-refractivity contribution is 5.94. The lowest BCUT2D eigenvalue weighted by molar-refractivity contribution is 0.0297. The van der Waals surface area contributed by atoms with Gasteiger partial charge in [-0.05, 0) is 31.2 Å². The number of morpholine rings is 1. The molecule has 1 fully saturated rings. The van der Waals surface area contributed by atoms with Crippen LogP contribution in [0.25, 0.3) is 17.1 Å². The van der Waals surface area contributed by atoms with Gasteiger partial charge in [-0.2, -0.15) is 5.10 Å². The third-order valence-corrected chi connectivity index (χ3v) is 4.28. The topological polar surface area (TPSA) is 60.5 Å². The third-order valence-electron chi connectivity index (χ3n) is 4.28. The van der Waals surface area contributed by atoms with Gasteiger partial charge in [-0.25, -0.2) is 4.68 Å². The standard InChI is InChI=1S/C19H19N3O3/c1-14-4-6-15(7-5-14)22-17(19(23)21-8-11-24-12-9-21)13-16(20-22)18-3-2-10-25-18/h2-7,10,13H,8-9,11-12H2,1H3. The summed E-state index contributed by atoms with van der Waals surface area (Å²) >= 11 is 0. The summed E-state index contributed by atoms with van der Waals surface area (Å²) in [7, 11) is 0. The molecule has 0 aliphatic carbocycles. The van der Waals surface area contributed by atoms with E-state index in [1.54, 1.807) is 21.9 Å². The first-order valence-electron chi connectivity index (χ1n) is 8.30. The van der Waals surface area contributed by atoms with Crippen LogP contribution in [0.2, 0.25) is 0 Å². The molecule has 128 valence electrons. The molecule has 0 radical (unpaired) electrons. The Bertz CT molecular complexity index is 860. The molecular weight excluding hydrogens is 318 g/mol.